The summed E-state index contributed by atoms with van der Waals surface area (Å²) in [6, 6.07) is 5.19. The van der Waals surface area contributed by atoms with Gasteiger partial charge < -0.3 is 10.1 Å². The maximum absolute atomic E-state index is 5.77. The van der Waals surface area contributed by atoms with Crippen LogP contribution in [0.4, 0.5) is 0 Å². The lowest BCUT2D eigenvalue weighted by Gasteiger charge is -2.36. The molecule has 2 nitrogen and oxygen atoms in total. The van der Waals surface area contributed by atoms with Gasteiger partial charge in [-0.1, -0.05) is 12.1 Å². The summed E-state index contributed by atoms with van der Waals surface area (Å²) >= 11 is 0. The highest BCUT2D eigenvalue weighted by Crippen LogP contribution is 2.24. The Hall–Kier alpha value is -0.860. The molecule has 1 saturated heterocycles. The van der Waals surface area contributed by atoms with E-state index in [0.717, 1.165) is 26.0 Å². The zero-order chi connectivity index (χ0) is 14.0. The average molecular weight is 261 g/mol. The molecule has 2 heteroatoms. The molecule has 1 atom stereocenters. The second kappa shape index (κ2) is 5.64. The molecule has 1 N–H and O–H groups in total. The van der Waals surface area contributed by atoms with Crippen molar-refractivity contribution < 1.29 is 4.74 Å². The Morgan fingerprint density at radius 1 is 1.16 bits per heavy atom. The van der Waals surface area contributed by atoms with E-state index < -0.39 is 0 Å². The van der Waals surface area contributed by atoms with Gasteiger partial charge in [-0.3, -0.25) is 0 Å². The number of ether oxygens (including phenoxy) is 1. The summed E-state index contributed by atoms with van der Waals surface area (Å²) in [6.45, 7) is 12.8. The van der Waals surface area contributed by atoms with Crippen LogP contribution in [0, 0.1) is 20.8 Å². The van der Waals surface area contributed by atoms with E-state index in [-0.39, 0.29) is 5.60 Å². The molecular formula is C17H27NO. The van der Waals surface area contributed by atoms with E-state index in [0.29, 0.717) is 6.04 Å². The Morgan fingerprint density at radius 2 is 1.84 bits per heavy atom. The molecule has 1 fully saturated rings. The van der Waals surface area contributed by atoms with Crippen molar-refractivity contribution in [3.8, 4) is 0 Å². The van der Waals surface area contributed by atoms with Gasteiger partial charge in [0.25, 0.3) is 0 Å². The van der Waals surface area contributed by atoms with E-state index in [1.807, 2.05) is 0 Å². The van der Waals surface area contributed by atoms with E-state index in [2.05, 4.69) is 52.1 Å². The molecule has 1 heterocycles. The van der Waals surface area contributed by atoms with Crippen LogP contribution in [0.1, 0.15) is 48.9 Å². The number of nitrogens with one attached hydrogen (secondary N) is 1. The van der Waals surface area contributed by atoms with Crippen LogP contribution in [-0.4, -0.2) is 18.2 Å². The first-order valence-corrected chi connectivity index (χ1v) is 7.31. The van der Waals surface area contributed by atoms with Crippen LogP contribution in [-0.2, 0) is 11.3 Å². The van der Waals surface area contributed by atoms with E-state index in [9.17, 15) is 0 Å². The molecule has 2 rings (SSSR count). The second-order valence-electron chi connectivity index (χ2n) is 6.54. The Kier molecular flexibility index (Phi) is 4.32. The molecule has 0 aliphatic carbocycles. The third-order valence-corrected chi connectivity index (χ3v) is 4.23. The lowest BCUT2D eigenvalue weighted by molar-refractivity contribution is -0.0630. The largest absolute Gasteiger partial charge is 0.375 e. The van der Waals surface area contributed by atoms with Crippen LogP contribution in [0.5, 0.6) is 0 Å². The molecule has 1 unspecified atom stereocenters. The summed E-state index contributed by atoms with van der Waals surface area (Å²) in [5, 5.41) is 3.70. The van der Waals surface area contributed by atoms with Gasteiger partial charge in [-0.05, 0) is 69.7 Å². The first-order chi connectivity index (χ1) is 8.87. The second-order valence-corrected chi connectivity index (χ2v) is 6.54. The van der Waals surface area contributed by atoms with Crippen LogP contribution in [0.15, 0.2) is 12.1 Å². The van der Waals surface area contributed by atoms with Gasteiger partial charge >= 0.3 is 0 Å². The fraction of sp³-hybridized carbons (Fsp3) is 0.647. The van der Waals surface area contributed by atoms with Gasteiger partial charge in [0, 0.05) is 19.2 Å². The Labute approximate surface area is 117 Å². The lowest BCUT2D eigenvalue weighted by atomic mass is 9.93. The van der Waals surface area contributed by atoms with Crippen molar-refractivity contribution in [2.24, 2.45) is 0 Å². The van der Waals surface area contributed by atoms with Crippen LogP contribution in [0.25, 0.3) is 0 Å². The fourth-order valence-electron chi connectivity index (χ4n) is 2.87. The number of hydrogen-bond acceptors (Lipinski definition) is 2. The fourth-order valence-corrected chi connectivity index (χ4v) is 2.87. The standard InChI is InChI=1S/C17H27NO/c1-12-8-14(3)15(9-13(12)2)11-18-16-6-7-19-17(4,5)10-16/h8-9,16,18H,6-7,10-11H2,1-5H3. The van der Waals surface area contributed by atoms with Crippen molar-refractivity contribution >= 4 is 0 Å². The number of benzene rings is 1. The minimum atomic E-state index is 0.0220. The normalized spacial score (nSPS) is 22.5. The summed E-state index contributed by atoms with van der Waals surface area (Å²) in [5.41, 5.74) is 5.60. The summed E-state index contributed by atoms with van der Waals surface area (Å²) in [4.78, 5) is 0. The minimum absolute atomic E-state index is 0.0220. The van der Waals surface area contributed by atoms with Crippen LogP contribution in [0.3, 0.4) is 0 Å². The van der Waals surface area contributed by atoms with Crippen LogP contribution < -0.4 is 5.32 Å². The monoisotopic (exact) mass is 261 g/mol. The van der Waals surface area contributed by atoms with Gasteiger partial charge in [-0.2, -0.15) is 0 Å². The molecule has 0 amide bonds. The molecule has 1 aromatic rings. The summed E-state index contributed by atoms with van der Waals surface area (Å²) in [6.07, 6.45) is 2.21. The zero-order valence-corrected chi connectivity index (χ0v) is 13.0. The van der Waals surface area contributed by atoms with E-state index in [1.165, 1.54) is 22.3 Å². The molecule has 19 heavy (non-hydrogen) atoms. The smallest absolute Gasteiger partial charge is 0.0641 e. The van der Waals surface area contributed by atoms with Gasteiger partial charge in [-0.15, -0.1) is 0 Å². The number of rotatable bonds is 3. The van der Waals surface area contributed by atoms with Gasteiger partial charge in [0.2, 0.25) is 0 Å². The Balaban J connectivity index is 1.97. The van der Waals surface area contributed by atoms with E-state index in [4.69, 9.17) is 4.74 Å². The van der Waals surface area contributed by atoms with Gasteiger partial charge in [-0.25, -0.2) is 0 Å². The first kappa shape index (κ1) is 14.5. The third kappa shape index (κ3) is 3.80. The van der Waals surface area contributed by atoms with Crippen molar-refractivity contribution in [1.82, 2.24) is 5.32 Å². The maximum Gasteiger partial charge on any atom is 0.0641 e. The third-order valence-electron chi connectivity index (χ3n) is 4.23. The first-order valence-electron chi connectivity index (χ1n) is 7.31. The van der Waals surface area contributed by atoms with Crippen molar-refractivity contribution in [2.45, 2.75) is 65.6 Å². The summed E-state index contributed by atoms with van der Waals surface area (Å²) in [5.74, 6) is 0. The summed E-state index contributed by atoms with van der Waals surface area (Å²) in [7, 11) is 0. The lowest BCUT2D eigenvalue weighted by Crippen LogP contribution is -2.43. The molecule has 1 aliphatic rings. The average Bonchev–Trinajstić information content (AvgIpc) is 2.31. The predicted octanol–water partition coefficient (Wildman–Crippen LogP) is 3.66. The van der Waals surface area contributed by atoms with E-state index >= 15 is 0 Å². The maximum atomic E-state index is 5.77. The van der Waals surface area contributed by atoms with Crippen LogP contribution in [0.2, 0.25) is 0 Å². The topological polar surface area (TPSA) is 21.3 Å². The van der Waals surface area contributed by atoms with Gasteiger partial charge in [0.15, 0.2) is 0 Å². The molecule has 0 bridgehead atoms. The highest BCUT2D eigenvalue weighted by molar-refractivity contribution is 5.36. The van der Waals surface area contributed by atoms with Gasteiger partial charge in [0.1, 0.15) is 0 Å². The molecule has 0 saturated carbocycles. The highest BCUT2D eigenvalue weighted by Gasteiger charge is 2.28. The van der Waals surface area contributed by atoms with Crippen molar-refractivity contribution in [3.05, 3.63) is 34.4 Å². The highest BCUT2D eigenvalue weighted by atomic mass is 16.5. The SMILES string of the molecule is Cc1cc(C)c(CNC2CCOC(C)(C)C2)cc1C. The van der Waals surface area contributed by atoms with E-state index in [1.54, 1.807) is 0 Å². The van der Waals surface area contributed by atoms with Crippen molar-refractivity contribution in [3.63, 3.8) is 0 Å². The number of aryl methyl sites for hydroxylation is 3. The van der Waals surface area contributed by atoms with Crippen molar-refractivity contribution in [1.29, 1.82) is 0 Å². The van der Waals surface area contributed by atoms with Crippen molar-refractivity contribution in [2.75, 3.05) is 6.61 Å². The van der Waals surface area contributed by atoms with Crippen LogP contribution >= 0.6 is 0 Å². The zero-order valence-electron chi connectivity index (χ0n) is 13.0. The molecule has 1 aromatic carbocycles. The molecule has 0 radical (unpaired) electrons. The molecule has 106 valence electrons. The Bertz CT molecular complexity index is 451. The quantitative estimate of drug-likeness (QED) is 0.896. The summed E-state index contributed by atoms with van der Waals surface area (Å²) < 4.78 is 5.77. The number of hydrogen-bond donors (Lipinski definition) is 1. The molecule has 0 spiro atoms. The Morgan fingerprint density at radius 3 is 2.53 bits per heavy atom. The molecule has 0 aromatic heterocycles. The molecular weight excluding hydrogens is 234 g/mol. The van der Waals surface area contributed by atoms with Gasteiger partial charge in [0.05, 0.1) is 5.60 Å². The minimum Gasteiger partial charge on any atom is -0.375 e. The molecule has 1 aliphatic heterocycles. The predicted molar refractivity (Wildman–Crippen MR) is 80.5 cm³/mol.